The number of hydrogen-bond acceptors (Lipinski definition) is 5. The molecule has 24 heavy (non-hydrogen) atoms. The molecule has 1 amide bonds. The first-order chi connectivity index (χ1) is 11.6. The summed E-state index contributed by atoms with van der Waals surface area (Å²) < 4.78 is 18.1. The highest BCUT2D eigenvalue weighted by Gasteiger charge is 2.09. The van der Waals surface area contributed by atoms with Crippen molar-refractivity contribution in [3.8, 4) is 11.4 Å². The number of amides is 1. The fourth-order valence-corrected chi connectivity index (χ4v) is 2.05. The summed E-state index contributed by atoms with van der Waals surface area (Å²) in [6, 6.07) is 5.70. The van der Waals surface area contributed by atoms with Gasteiger partial charge in [-0.05, 0) is 18.6 Å². The molecule has 0 saturated heterocycles. The number of halogens is 1. The largest absolute Gasteiger partial charge is 0.385 e. The number of nitrogens with one attached hydrogen (secondary N) is 2. The van der Waals surface area contributed by atoms with Gasteiger partial charge in [-0.1, -0.05) is 12.1 Å². The van der Waals surface area contributed by atoms with Crippen LogP contribution in [0.4, 0.5) is 4.39 Å². The van der Waals surface area contributed by atoms with Crippen LogP contribution >= 0.6 is 0 Å². The van der Waals surface area contributed by atoms with Crippen molar-refractivity contribution >= 4 is 5.91 Å². The molecule has 1 heterocycles. The molecular weight excluding hydrogens is 315 g/mol. The van der Waals surface area contributed by atoms with E-state index < -0.39 is 11.4 Å². The van der Waals surface area contributed by atoms with E-state index in [1.165, 1.54) is 18.2 Å². The van der Waals surface area contributed by atoms with Gasteiger partial charge in [0.15, 0.2) is 5.82 Å². The van der Waals surface area contributed by atoms with Crippen molar-refractivity contribution in [3.05, 3.63) is 46.1 Å². The number of hydrogen-bond donors (Lipinski definition) is 2. The number of aromatic amines is 1. The zero-order chi connectivity index (χ0) is 17.4. The number of ether oxygens (including phenoxy) is 1. The third-order valence-electron chi connectivity index (χ3n) is 3.30. The second-order valence-electron chi connectivity index (χ2n) is 5.16. The minimum atomic E-state index is -0.434. The highest BCUT2D eigenvalue weighted by Crippen LogP contribution is 2.13. The molecule has 0 aliphatic heterocycles. The Morgan fingerprint density at radius 3 is 2.92 bits per heavy atom. The minimum Gasteiger partial charge on any atom is -0.385 e. The van der Waals surface area contributed by atoms with Crippen molar-refractivity contribution < 1.29 is 13.9 Å². The van der Waals surface area contributed by atoms with Crippen molar-refractivity contribution in [1.29, 1.82) is 0 Å². The predicted octanol–water partition coefficient (Wildman–Crippen LogP) is 1.06. The third kappa shape index (κ3) is 5.24. The van der Waals surface area contributed by atoms with E-state index in [9.17, 15) is 14.0 Å². The number of aryl methyl sites for hydroxylation is 1. The van der Waals surface area contributed by atoms with Crippen LogP contribution in [0.5, 0.6) is 0 Å². The molecule has 8 heteroatoms. The van der Waals surface area contributed by atoms with Crippen molar-refractivity contribution in [2.45, 2.75) is 19.3 Å². The molecule has 2 N–H and O–H groups in total. The van der Waals surface area contributed by atoms with E-state index in [4.69, 9.17) is 4.74 Å². The fourth-order valence-electron chi connectivity index (χ4n) is 2.05. The summed E-state index contributed by atoms with van der Waals surface area (Å²) in [5.41, 5.74) is 0.167. The van der Waals surface area contributed by atoms with Crippen LogP contribution in [0.1, 0.15) is 18.5 Å². The number of nitrogens with zero attached hydrogens (tertiary/aromatic N) is 2. The lowest BCUT2D eigenvalue weighted by Crippen LogP contribution is -2.27. The van der Waals surface area contributed by atoms with Gasteiger partial charge in [-0.15, -0.1) is 10.2 Å². The van der Waals surface area contributed by atoms with Crippen LogP contribution in [0, 0.1) is 5.82 Å². The summed E-state index contributed by atoms with van der Waals surface area (Å²) >= 11 is 0. The van der Waals surface area contributed by atoms with Gasteiger partial charge in [-0.2, -0.15) is 0 Å². The monoisotopic (exact) mass is 334 g/mol. The lowest BCUT2D eigenvalue weighted by molar-refractivity contribution is -0.121. The van der Waals surface area contributed by atoms with E-state index in [0.29, 0.717) is 18.7 Å². The van der Waals surface area contributed by atoms with Gasteiger partial charge in [0.05, 0.1) is 0 Å². The first-order valence-corrected chi connectivity index (χ1v) is 7.57. The molecule has 0 fully saturated rings. The van der Waals surface area contributed by atoms with Crippen LogP contribution in [-0.2, 0) is 16.0 Å². The van der Waals surface area contributed by atoms with E-state index in [1.807, 2.05) is 0 Å². The molecule has 1 aromatic carbocycles. The Bertz CT molecular complexity index is 748. The van der Waals surface area contributed by atoms with Gasteiger partial charge >= 0.3 is 0 Å². The molecule has 7 nitrogen and oxygen atoms in total. The first-order valence-electron chi connectivity index (χ1n) is 7.57. The average molecular weight is 334 g/mol. The Morgan fingerprint density at radius 1 is 1.38 bits per heavy atom. The SMILES string of the molecule is COCCCNC(=O)CCc1nnc(-c2cccc(F)c2)[nH]c1=O. The number of H-pyrrole nitrogens is 1. The number of aromatic nitrogens is 3. The van der Waals surface area contributed by atoms with Gasteiger partial charge in [0, 0.05) is 38.7 Å². The lowest BCUT2D eigenvalue weighted by Gasteiger charge is -2.05. The fraction of sp³-hybridized carbons (Fsp3) is 0.375. The predicted molar refractivity (Wildman–Crippen MR) is 85.9 cm³/mol. The van der Waals surface area contributed by atoms with E-state index in [-0.39, 0.29) is 30.3 Å². The molecule has 0 unspecified atom stereocenters. The van der Waals surface area contributed by atoms with E-state index in [1.54, 1.807) is 13.2 Å². The van der Waals surface area contributed by atoms with E-state index in [0.717, 1.165) is 6.42 Å². The van der Waals surface area contributed by atoms with Crippen LogP contribution in [0.25, 0.3) is 11.4 Å². The summed E-state index contributed by atoms with van der Waals surface area (Å²) in [6.07, 6.45) is 1.05. The summed E-state index contributed by atoms with van der Waals surface area (Å²) in [4.78, 5) is 26.2. The molecule has 0 aliphatic rings. The van der Waals surface area contributed by atoms with Gasteiger partial charge in [0.25, 0.3) is 5.56 Å². The summed E-state index contributed by atoms with van der Waals surface area (Å²) in [5.74, 6) is -0.404. The van der Waals surface area contributed by atoms with Crippen LogP contribution in [-0.4, -0.2) is 41.3 Å². The number of carbonyl (C=O) groups excluding carboxylic acids is 1. The van der Waals surface area contributed by atoms with E-state index in [2.05, 4.69) is 20.5 Å². The lowest BCUT2D eigenvalue weighted by atomic mass is 10.2. The molecular formula is C16H19FN4O3. The van der Waals surface area contributed by atoms with Crippen LogP contribution < -0.4 is 10.9 Å². The van der Waals surface area contributed by atoms with Crippen molar-refractivity contribution in [2.24, 2.45) is 0 Å². The van der Waals surface area contributed by atoms with Gasteiger partial charge in [-0.3, -0.25) is 9.59 Å². The Kier molecular flexibility index (Phi) is 6.56. The van der Waals surface area contributed by atoms with Gasteiger partial charge in [-0.25, -0.2) is 4.39 Å². The topological polar surface area (TPSA) is 97.0 Å². The molecule has 0 spiro atoms. The molecule has 2 aromatic rings. The zero-order valence-corrected chi connectivity index (χ0v) is 13.3. The zero-order valence-electron chi connectivity index (χ0n) is 13.3. The Labute approximate surface area is 138 Å². The second kappa shape index (κ2) is 8.88. The van der Waals surface area contributed by atoms with Crippen LogP contribution in [0.2, 0.25) is 0 Å². The van der Waals surface area contributed by atoms with Gasteiger partial charge in [0.1, 0.15) is 11.5 Å². The van der Waals surface area contributed by atoms with Crippen LogP contribution in [0.15, 0.2) is 29.1 Å². The quantitative estimate of drug-likeness (QED) is 0.704. The molecule has 0 radical (unpaired) electrons. The summed E-state index contributed by atoms with van der Waals surface area (Å²) in [7, 11) is 1.60. The summed E-state index contributed by atoms with van der Waals surface area (Å²) in [6.45, 7) is 1.10. The van der Waals surface area contributed by atoms with Gasteiger partial charge < -0.3 is 15.0 Å². The summed E-state index contributed by atoms with van der Waals surface area (Å²) in [5, 5.41) is 10.5. The average Bonchev–Trinajstić information content (AvgIpc) is 2.57. The number of benzene rings is 1. The first kappa shape index (κ1) is 17.7. The number of methoxy groups -OCH3 is 1. The highest BCUT2D eigenvalue weighted by molar-refractivity contribution is 5.76. The number of carbonyl (C=O) groups is 1. The maximum absolute atomic E-state index is 13.2. The third-order valence-corrected chi connectivity index (χ3v) is 3.30. The van der Waals surface area contributed by atoms with Crippen molar-refractivity contribution in [1.82, 2.24) is 20.5 Å². The van der Waals surface area contributed by atoms with Gasteiger partial charge in [0.2, 0.25) is 5.91 Å². The van der Waals surface area contributed by atoms with Crippen molar-refractivity contribution in [3.63, 3.8) is 0 Å². The molecule has 1 aromatic heterocycles. The van der Waals surface area contributed by atoms with E-state index >= 15 is 0 Å². The van der Waals surface area contributed by atoms with Crippen molar-refractivity contribution in [2.75, 3.05) is 20.3 Å². The molecule has 0 saturated carbocycles. The molecule has 2 rings (SSSR count). The molecule has 0 atom stereocenters. The second-order valence-corrected chi connectivity index (χ2v) is 5.16. The van der Waals surface area contributed by atoms with Crippen LogP contribution in [0.3, 0.4) is 0 Å². The maximum atomic E-state index is 13.2. The standard InChI is InChI=1S/C16H19FN4O3/c1-24-9-3-8-18-14(22)7-6-13-16(23)19-15(21-20-13)11-4-2-5-12(17)10-11/h2,4-5,10H,3,6-9H2,1H3,(H,18,22)(H,19,21,23). The Balaban J connectivity index is 1.93. The normalized spacial score (nSPS) is 10.6. The maximum Gasteiger partial charge on any atom is 0.273 e. The molecule has 128 valence electrons. The number of rotatable bonds is 8. The smallest absolute Gasteiger partial charge is 0.273 e. The highest BCUT2D eigenvalue weighted by atomic mass is 19.1. The minimum absolute atomic E-state index is 0.143. The molecule has 0 aliphatic carbocycles. The molecule has 0 bridgehead atoms. The Hall–Kier alpha value is -2.61. The Morgan fingerprint density at radius 2 is 2.21 bits per heavy atom.